The number of primary amides is 1. The number of rotatable bonds is 7. The zero-order chi connectivity index (χ0) is 22.6. The molecule has 0 saturated carbocycles. The number of amides is 2. The number of carbonyl (C=O) groups excluding carboxylic acids is 2. The lowest BCUT2D eigenvalue weighted by atomic mass is 9.87. The molecule has 0 spiro atoms. The van der Waals surface area contributed by atoms with Gasteiger partial charge in [0.15, 0.2) is 6.61 Å². The molecule has 3 N–H and O–H groups in total. The van der Waals surface area contributed by atoms with Crippen LogP contribution in [-0.2, 0) is 16.6 Å². The van der Waals surface area contributed by atoms with E-state index in [2.05, 4.69) is 26.1 Å². The van der Waals surface area contributed by atoms with Gasteiger partial charge in [-0.2, -0.15) is 0 Å². The smallest absolute Gasteiger partial charge is 0.262 e. The lowest BCUT2D eigenvalue weighted by Crippen LogP contribution is -2.22. The molecule has 1 heterocycles. The molecule has 5 nitrogen and oxygen atoms in total. The molecule has 6 heteroatoms. The van der Waals surface area contributed by atoms with Crippen LogP contribution in [0, 0.1) is 6.92 Å². The Bertz CT molecular complexity index is 1060. The lowest BCUT2D eigenvalue weighted by molar-refractivity contribution is -0.118. The first-order valence-electron chi connectivity index (χ1n) is 10.1. The SMILES string of the molecule is Cc1c(Cc2ccccc2)sc(NC(=O)COc2ccc(C(C)(C)C)cc2)c1C(N)=O. The maximum atomic E-state index is 12.5. The molecule has 3 rings (SSSR count). The third-order valence-corrected chi connectivity index (χ3v) is 6.25. The predicted octanol–water partition coefficient (Wildman–Crippen LogP) is 5.06. The molecule has 1 aromatic heterocycles. The summed E-state index contributed by atoms with van der Waals surface area (Å²) >= 11 is 1.38. The van der Waals surface area contributed by atoms with Gasteiger partial charge in [-0.05, 0) is 41.2 Å². The average molecular weight is 437 g/mol. The van der Waals surface area contributed by atoms with Gasteiger partial charge in [0.25, 0.3) is 11.8 Å². The first-order valence-corrected chi connectivity index (χ1v) is 11.0. The summed E-state index contributed by atoms with van der Waals surface area (Å²) in [6.45, 7) is 8.13. The monoisotopic (exact) mass is 436 g/mol. The zero-order valence-corrected chi connectivity index (χ0v) is 19.1. The molecule has 0 unspecified atom stereocenters. The van der Waals surface area contributed by atoms with E-state index in [4.69, 9.17) is 10.5 Å². The zero-order valence-electron chi connectivity index (χ0n) is 18.3. The summed E-state index contributed by atoms with van der Waals surface area (Å²) in [5.41, 5.74) is 9.13. The number of carbonyl (C=O) groups is 2. The van der Waals surface area contributed by atoms with Crippen molar-refractivity contribution in [3.05, 3.63) is 81.7 Å². The second-order valence-electron chi connectivity index (χ2n) is 8.49. The molecular weight excluding hydrogens is 408 g/mol. The number of anilines is 1. The molecule has 2 amide bonds. The van der Waals surface area contributed by atoms with E-state index in [0.717, 1.165) is 16.0 Å². The van der Waals surface area contributed by atoms with E-state index in [-0.39, 0.29) is 17.9 Å². The Balaban J connectivity index is 1.69. The van der Waals surface area contributed by atoms with Gasteiger partial charge < -0.3 is 15.8 Å². The normalized spacial score (nSPS) is 11.2. The van der Waals surface area contributed by atoms with Crippen LogP contribution in [0.1, 0.15) is 52.7 Å². The highest BCUT2D eigenvalue weighted by Crippen LogP contribution is 2.34. The summed E-state index contributed by atoms with van der Waals surface area (Å²) < 4.78 is 5.62. The van der Waals surface area contributed by atoms with Gasteiger partial charge in [0, 0.05) is 11.3 Å². The Hall–Kier alpha value is -3.12. The molecule has 0 aliphatic rings. The van der Waals surface area contributed by atoms with Crippen LogP contribution in [-0.4, -0.2) is 18.4 Å². The second-order valence-corrected chi connectivity index (χ2v) is 9.60. The van der Waals surface area contributed by atoms with Crippen molar-refractivity contribution >= 4 is 28.2 Å². The maximum Gasteiger partial charge on any atom is 0.262 e. The summed E-state index contributed by atoms with van der Waals surface area (Å²) in [5, 5.41) is 3.26. The highest BCUT2D eigenvalue weighted by Gasteiger charge is 2.21. The summed E-state index contributed by atoms with van der Waals surface area (Å²) in [6, 6.07) is 17.7. The van der Waals surface area contributed by atoms with Crippen molar-refractivity contribution < 1.29 is 14.3 Å². The van der Waals surface area contributed by atoms with Crippen LogP contribution in [0.5, 0.6) is 5.75 Å². The molecule has 0 fully saturated rings. The number of thiophene rings is 1. The molecule has 0 aliphatic carbocycles. The minimum absolute atomic E-state index is 0.0511. The number of ether oxygens (including phenoxy) is 1. The highest BCUT2D eigenvalue weighted by atomic mass is 32.1. The molecule has 31 heavy (non-hydrogen) atoms. The standard InChI is InChI=1S/C25H28N2O3S/c1-16-20(14-17-8-6-5-7-9-17)31-24(22(16)23(26)29)27-21(28)15-30-19-12-10-18(11-13-19)25(2,3)4/h5-13H,14-15H2,1-4H3,(H2,26,29)(H,27,28). The predicted molar refractivity (Wildman–Crippen MR) is 126 cm³/mol. The molecule has 162 valence electrons. The Morgan fingerprint density at radius 3 is 2.26 bits per heavy atom. The Labute approximate surface area is 187 Å². The van der Waals surface area contributed by atoms with Gasteiger partial charge in [-0.3, -0.25) is 9.59 Å². The fourth-order valence-corrected chi connectivity index (χ4v) is 4.52. The van der Waals surface area contributed by atoms with E-state index < -0.39 is 5.91 Å². The first kappa shape index (κ1) is 22.6. The van der Waals surface area contributed by atoms with Crippen LogP contribution in [0.15, 0.2) is 54.6 Å². The molecule has 0 atom stereocenters. The van der Waals surface area contributed by atoms with Crippen LogP contribution in [0.4, 0.5) is 5.00 Å². The van der Waals surface area contributed by atoms with Crippen molar-refractivity contribution in [2.24, 2.45) is 5.73 Å². The van der Waals surface area contributed by atoms with Crippen LogP contribution in [0.25, 0.3) is 0 Å². The highest BCUT2D eigenvalue weighted by molar-refractivity contribution is 7.17. The van der Waals surface area contributed by atoms with E-state index in [1.165, 1.54) is 16.9 Å². The molecule has 3 aromatic rings. The Kier molecular flexibility index (Phi) is 6.81. The Morgan fingerprint density at radius 1 is 1.03 bits per heavy atom. The van der Waals surface area contributed by atoms with E-state index in [1.54, 1.807) is 0 Å². The number of benzene rings is 2. The van der Waals surface area contributed by atoms with Crippen LogP contribution in [0.3, 0.4) is 0 Å². The van der Waals surface area contributed by atoms with Crippen LogP contribution < -0.4 is 15.8 Å². The number of nitrogens with two attached hydrogens (primary N) is 1. The van der Waals surface area contributed by atoms with E-state index in [0.29, 0.717) is 22.7 Å². The number of hydrogen-bond acceptors (Lipinski definition) is 4. The van der Waals surface area contributed by atoms with Gasteiger partial charge in [-0.1, -0.05) is 63.2 Å². The summed E-state index contributed by atoms with van der Waals surface area (Å²) in [4.78, 5) is 25.5. The third kappa shape index (κ3) is 5.73. The minimum Gasteiger partial charge on any atom is -0.484 e. The average Bonchev–Trinajstić information content (AvgIpc) is 3.01. The molecule has 0 bridgehead atoms. The maximum absolute atomic E-state index is 12.5. The quantitative estimate of drug-likeness (QED) is 0.543. The van der Waals surface area contributed by atoms with Crippen molar-refractivity contribution in [2.45, 2.75) is 39.5 Å². The van der Waals surface area contributed by atoms with E-state index in [9.17, 15) is 9.59 Å². The molecular formula is C25H28N2O3S. The van der Waals surface area contributed by atoms with Gasteiger partial charge in [-0.25, -0.2) is 0 Å². The first-order chi connectivity index (χ1) is 14.6. The number of hydrogen-bond donors (Lipinski definition) is 2. The van der Waals surface area contributed by atoms with Gasteiger partial charge in [-0.15, -0.1) is 11.3 Å². The van der Waals surface area contributed by atoms with Crippen LogP contribution in [0.2, 0.25) is 0 Å². The van der Waals surface area contributed by atoms with E-state index in [1.807, 2.05) is 61.5 Å². The third-order valence-electron chi connectivity index (χ3n) is 5.04. The fourth-order valence-electron chi connectivity index (χ4n) is 3.26. The van der Waals surface area contributed by atoms with E-state index >= 15 is 0 Å². The topological polar surface area (TPSA) is 81.4 Å². The number of nitrogens with one attached hydrogen (secondary N) is 1. The molecule has 0 aliphatic heterocycles. The molecule has 0 saturated heterocycles. The largest absolute Gasteiger partial charge is 0.484 e. The summed E-state index contributed by atoms with van der Waals surface area (Å²) in [5.74, 6) is -0.276. The van der Waals surface area contributed by atoms with Gasteiger partial charge in [0.1, 0.15) is 10.8 Å². The van der Waals surface area contributed by atoms with Crippen molar-refractivity contribution in [3.8, 4) is 5.75 Å². The van der Waals surface area contributed by atoms with Crippen molar-refractivity contribution in [2.75, 3.05) is 11.9 Å². The lowest BCUT2D eigenvalue weighted by Gasteiger charge is -2.19. The summed E-state index contributed by atoms with van der Waals surface area (Å²) in [7, 11) is 0. The van der Waals surface area contributed by atoms with Gasteiger partial charge in [0.05, 0.1) is 5.56 Å². The minimum atomic E-state index is -0.554. The van der Waals surface area contributed by atoms with Gasteiger partial charge >= 0.3 is 0 Å². The molecule has 0 radical (unpaired) electrons. The van der Waals surface area contributed by atoms with Crippen molar-refractivity contribution in [3.63, 3.8) is 0 Å². The van der Waals surface area contributed by atoms with Gasteiger partial charge in [0.2, 0.25) is 0 Å². The second kappa shape index (κ2) is 9.35. The fraction of sp³-hybridized carbons (Fsp3) is 0.280. The molecule has 2 aromatic carbocycles. The van der Waals surface area contributed by atoms with Crippen LogP contribution >= 0.6 is 11.3 Å². The Morgan fingerprint density at radius 2 is 1.68 bits per heavy atom. The summed E-state index contributed by atoms with van der Waals surface area (Å²) in [6.07, 6.45) is 0.671. The van der Waals surface area contributed by atoms with Crippen molar-refractivity contribution in [1.82, 2.24) is 0 Å². The van der Waals surface area contributed by atoms with Crippen molar-refractivity contribution in [1.29, 1.82) is 0 Å².